The smallest absolute Gasteiger partial charge is 0.314 e. The normalized spacial score (nSPS) is 12.4. The monoisotopic (exact) mass is 458 g/mol. The Balaban J connectivity index is 0.00000341. The van der Waals surface area contributed by atoms with Crippen LogP contribution in [0.2, 0.25) is 0 Å². The molecule has 0 saturated heterocycles. The van der Waals surface area contributed by atoms with Crippen LogP contribution in [0.4, 0.5) is 19.1 Å². The van der Waals surface area contributed by atoms with E-state index in [1.54, 1.807) is 12.1 Å². The van der Waals surface area contributed by atoms with E-state index in [9.17, 15) is 21.6 Å². The van der Waals surface area contributed by atoms with Crippen LogP contribution in [-0.4, -0.2) is 41.4 Å². The first-order chi connectivity index (χ1) is 14.2. The molecule has 0 saturated carbocycles. The van der Waals surface area contributed by atoms with E-state index in [4.69, 9.17) is 4.42 Å². The van der Waals surface area contributed by atoms with Crippen molar-refractivity contribution in [3.8, 4) is 11.5 Å². The molecule has 0 amide bonds. The molecule has 0 aliphatic carbocycles. The number of nitrogens with one attached hydrogen (secondary N) is 2. The van der Waals surface area contributed by atoms with Crippen LogP contribution in [0.15, 0.2) is 41.1 Å². The van der Waals surface area contributed by atoms with E-state index < -0.39 is 34.2 Å². The maximum Gasteiger partial charge on any atom is 0.314 e. The molecule has 168 valence electrons. The lowest BCUT2D eigenvalue weighted by molar-refractivity contribution is 0.116. The number of hydrogen-bond acceptors (Lipinski definition) is 8. The van der Waals surface area contributed by atoms with Crippen LogP contribution in [-0.2, 0) is 10.0 Å². The quantitative estimate of drug-likeness (QED) is 0.501. The Morgan fingerprint density at radius 3 is 2.29 bits per heavy atom. The molecular weight excluding hydrogens is 437 g/mol. The zero-order valence-electron chi connectivity index (χ0n) is 15.6. The zero-order chi connectivity index (χ0) is 21.7. The van der Waals surface area contributed by atoms with Crippen LogP contribution in [0.3, 0.4) is 0 Å². The molecule has 0 radical (unpaired) electrons. The number of rotatable bonds is 9. The fraction of sp³-hybridized carbons (Fsp3) is 0.333. The summed E-state index contributed by atoms with van der Waals surface area (Å²) in [5.74, 6) is -1.18. The Hall–Kier alpha value is -3.06. The standard InChI is InChI=1S/C17H17F3N6O3S.CH4/c1-30(27,28)23-7-6-13(10-2-4-12(18)5-3-10)24-17-21-8-11(9-22-17)15-25-26-16(29-15)14(19)20;/h2-5,8-9,13-14,23H,6-7H2,1H3,(H,21,22,24);1H4. The van der Waals surface area contributed by atoms with Crippen molar-refractivity contribution in [2.24, 2.45) is 0 Å². The molecule has 2 heterocycles. The highest BCUT2D eigenvalue weighted by atomic mass is 32.2. The number of benzene rings is 1. The SMILES string of the molecule is C.CS(=O)(=O)NCCC(Nc1ncc(-c2nnc(C(F)F)o2)cn1)c1ccc(F)cc1. The largest absolute Gasteiger partial charge is 0.415 e. The molecule has 0 spiro atoms. The van der Waals surface area contributed by atoms with Crippen LogP contribution in [0.5, 0.6) is 0 Å². The number of sulfonamides is 1. The van der Waals surface area contributed by atoms with Crippen molar-refractivity contribution < 1.29 is 26.0 Å². The van der Waals surface area contributed by atoms with E-state index in [0.29, 0.717) is 12.0 Å². The molecule has 9 nitrogen and oxygen atoms in total. The van der Waals surface area contributed by atoms with Crippen LogP contribution >= 0.6 is 0 Å². The van der Waals surface area contributed by atoms with Gasteiger partial charge in [-0.1, -0.05) is 19.6 Å². The van der Waals surface area contributed by atoms with Gasteiger partial charge < -0.3 is 9.73 Å². The van der Waals surface area contributed by atoms with Gasteiger partial charge in [0, 0.05) is 18.9 Å². The lowest BCUT2D eigenvalue weighted by Gasteiger charge is -2.19. The number of aromatic nitrogens is 4. The first kappa shape index (κ1) is 24.2. The van der Waals surface area contributed by atoms with Gasteiger partial charge in [-0.15, -0.1) is 10.2 Å². The second-order valence-electron chi connectivity index (χ2n) is 6.25. The van der Waals surface area contributed by atoms with Crippen LogP contribution in [0, 0.1) is 5.82 Å². The summed E-state index contributed by atoms with van der Waals surface area (Å²) in [4.78, 5) is 8.20. The van der Waals surface area contributed by atoms with Crippen LogP contribution in [0.1, 0.15) is 37.8 Å². The highest BCUT2D eigenvalue weighted by molar-refractivity contribution is 7.88. The van der Waals surface area contributed by atoms with E-state index >= 15 is 0 Å². The van der Waals surface area contributed by atoms with Gasteiger partial charge in [-0.2, -0.15) is 8.78 Å². The summed E-state index contributed by atoms with van der Waals surface area (Å²) >= 11 is 0. The molecule has 2 N–H and O–H groups in total. The van der Waals surface area contributed by atoms with Gasteiger partial charge in [-0.3, -0.25) is 0 Å². The van der Waals surface area contributed by atoms with Crippen LogP contribution < -0.4 is 10.0 Å². The number of anilines is 1. The molecule has 0 aliphatic heterocycles. The van der Waals surface area contributed by atoms with Gasteiger partial charge in [-0.25, -0.2) is 27.5 Å². The number of halogens is 3. The van der Waals surface area contributed by atoms with E-state index in [2.05, 4.69) is 30.2 Å². The predicted octanol–water partition coefficient (Wildman–Crippen LogP) is 3.33. The second kappa shape index (κ2) is 10.3. The Kier molecular flexibility index (Phi) is 8.05. The van der Waals surface area contributed by atoms with Gasteiger partial charge >= 0.3 is 6.43 Å². The van der Waals surface area contributed by atoms with E-state index in [0.717, 1.165) is 6.26 Å². The van der Waals surface area contributed by atoms with Crippen LogP contribution in [0.25, 0.3) is 11.5 Å². The molecule has 0 aliphatic rings. The van der Waals surface area contributed by atoms with Gasteiger partial charge in [0.2, 0.25) is 16.0 Å². The van der Waals surface area contributed by atoms with Gasteiger partial charge in [-0.05, 0) is 24.1 Å². The molecule has 1 aromatic carbocycles. The highest BCUT2D eigenvalue weighted by Gasteiger charge is 2.18. The number of alkyl halides is 2. The van der Waals surface area contributed by atoms with Gasteiger partial charge in [0.25, 0.3) is 11.8 Å². The summed E-state index contributed by atoms with van der Waals surface area (Å²) in [6, 6.07) is 5.26. The minimum absolute atomic E-state index is 0. The van der Waals surface area contributed by atoms with Gasteiger partial charge in [0.15, 0.2) is 0 Å². The average Bonchev–Trinajstić information content (AvgIpc) is 3.18. The Bertz CT molecular complexity index is 1080. The van der Waals surface area contributed by atoms with Crippen molar-refractivity contribution in [2.45, 2.75) is 26.3 Å². The summed E-state index contributed by atoms with van der Waals surface area (Å²) in [5.41, 5.74) is 0.940. The fourth-order valence-electron chi connectivity index (χ4n) is 2.51. The summed E-state index contributed by atoms with van der Waals surface area (Å²) in [7, 11) is -3.37. The van der Waals surface area contributed by atoms with Crippen molar-refractivity contribution in [2.75, 3.05) is 18.1 Å². The van der Waals surface area contributed by atoms with Crippen molar-refractivity contribution in [1.29, 1.82) is 0 Å². The molecule has 31 heavy (non-hydrogen) atoms. The van der Waals surface area contributed by atoms with Crippen molar-refractivity contribution >= 4 is 16.0 Å². The highest BCUT2D eigenvalue weighted by Crippen LogP contribution is 2.24. The first-order valence-corrected chi connectivity index (χ1v) is 10.5. The van der Waals surface area contributed by atoms with Crippen molar-refractivity contribution in [1.82, 2.24) is 24.9 Å². The second-order valence-corrected chi connectivity index (χ2v) is 8.08. The molecular formula is C18H21F3N6O3S. The maximum atomic E-state index is 13.2. The predicted molar refractivity (Wildman–Crippen MR) is 107 cm³/mol. The third kappa shape index (κ3) is 7.00. The molecule has 1 atom stereocenters. The molecule has 0 fully saturated rings. The zero-order valence-corrected chi connectivity index (χ0v) is 16.4. The third-order valence-corrected chi connectivity index (χ3v) is 4.63. The fourth-order valence-corrected chi connectivity index (χ4v) is 3.00. The lowest BCUT2D eigenvalue weighted by atomic mass is 10.0. The topological polar surface area (TPSA) is 123 Å². The molecule has 1 unspecified atom stereocenters. The summed E-state index contributed by atoms with van der Waals surface area (Å²) in [6.45, 7) is 0.129. The Labute approximate surface area is 177 Å². The minimum Gasteiger partial charge on any atom is -0.415 e. The molecule has 0 bridgehead atoms. The van der Waals surface area contributed by atoms with Gasteiger partial charge in [0.1, 0.15) is 5.82 Å². The van der Waals surface area contributed by atoms with Gasteiger partial charge in [0.05, 0.1) is 17.9 Å². The minimum atomic E-state index is -3.37. The molecule has 13 heteroatoms. The Morgan fingerprint density at radius 2 is 1.74 bits per heavy atom. The average molecular weight is 458 g/mol. The van der Waals surface area contributed by atoms with Crippen molar-refractivity contribution in [3.63, 3.8) is 0 Å². The van der Waals surface area contributed by atoms with E-state index in [1.165, 1.54) is 24.5 Å². The maximum absolute atomic E-state index is 13.2. The summed E-state index contributed by atoms with van der Waals surface area (Å²) < 4.78 is 68.2. The summed E-state index contributed by atoms with van der Waals surface area (Å²) in [6.07, 6.45) is 1.12. The number of hydrogen-bond donors (Lipinski definition) is 2. The lowest BCUT2D eigenvalue weighted by Crippen LogP contribution is -2.26. The third-order valence-electron chi connectivity index (χ3n) is 3.90. The van der Waals surface area contributed by atoms with E-state index in [1.807, 2.05) is 0 Å². The molecule has 2 aromatic heterocycles. The molecule has 3 rings (SSSR count). The number of nitrogens with zero attached hydrogens (tertiary/aromatic N) is 4. The summed E-state index contributed by atoms with van der Waals surface area (Å²) in [5, 5.41) is 9.80. The Morgan fingerprint density at radius 1 is 1.10 bits per heavy atom. The van der Waals surface area contributed by atoms with Crippen molar-refractivity contribution in [3.05, 3.63) is 53.9 Å². The van der Waals surface area contributed by atoms with E-state index in [-0.39, 0.29) is 31.4 Å². The first-order valence-electron chi connectivity index (χ1n) is 8.62. The molecule has 3 aromatic rings.